The van der Waals surface area contributed by atoms with Crippen LogP contribution in [0.25, 0.3) is 0 Å². The van der Waals surface area contributed by atoms with E-state index in [1.807, 2.05) is 0 Å². The van der Waals surface area contributed by atoms with Gasteiger partial charge in [-0.15, -0.1) is 0 Å². The molecule has 0 aromatic heterocycles. The van der Waals surface area contributed by atoms with Gasteiger partial charge in [-0.1, -0.05) is 18.2 Å². The maximum atomic E-state index is 15.0. The normalized spacial score (nSPS) is 27.6. The van der Waals surface area contributed by atoms with E-state index in [-0.39, 0.29) is 49.4 Å². The standard InChI is InChI=1S/C28H25F8NO6S/c29-18-2-4-19(5-3-18)44(42,43)25-11-12-37(23(40)24(41)9-7-15(8-10-24)22(38)39)21(25)14-16-13-17(1-6-20(16)25)26(30,27(31,32)33)28(34,35)36/h1-6,13,15,21,41H,7-12,14H2,(H,38,39). The molecule has 240 valence electrons. The lowest BCUT2D eigenvalue weighted by Crippen LogP contribution is -2.55. The molecular weight excluding hydrogens is 630 g/mol. The molecule has 0 spiro atoms. The van der Waals surface area contributed by atoms with E-state index in [0.717, 1.165) is 29.2 Å². The SMILES string of the molecule is O=C(O)C1CCC(O)(C(=O)N2CCC3(S(=O)(=O)c4ccc(F)cc4)c4ccc(C(F)(C(F)(F)F)C(F)(F)F)cc4CC23)CC1. The summed E-state index contributed by atoms with van der Waals surface area (Å²) in [6.45, 7) is -0.298. The van der Waals surface area contributed by atoms with Gasteiger partial charge in [0.05, 0.1) is 16.9 Å². The molecular formula is C28H25F8NO6S. The average Bonchev–Trinajstić information content (AvgIpc) is 3.47. The van der Waals surface area contributed by atoms with E-state index in [9.17, 15) is 63.3 Å². The van der Waals surface area contributed by atoms with E-state index in [1.54, 1.807) is 0 Å². The molecule has 2 aromatic rings. The van der Waals surface area contributed by atoms with Crippen molar-refractivity contribution in [3.8, 4) is 0 Å². The van der Waals surface area contributed by atoms with Crippen molar-refractivity contribution in [2.45, 2.75) is 77.8 Å². The van der Waals surface area contributed by atoms with Crippen LogP contribution in [0.3, 0.4) is 0 Å². The van der Waals surface area contributed by atoms with Gasteiger partial charge in [-0.2, -0.15) is 26.3 Å². The second-order valence-corrected chi connectivity index (χ2v) is 13.7. The molecule has 2 aromatic carbocycles. The zero-order chi connectivity index (χ0) is 32.7. The molecule has 2 atom stereocenters. The van der Waals surface area contributed by atoms with Gasteiger partial charge in [0.1, 0.15) is 16.2 Å². The highest BCUT2D eigenvalue weighted by molar-refractivity contribution is 7.92. The third kappa shape index (κ3) is 4.50. The van der Waals surface area contributed by atoms with Crippen LogP contribution in [-0.2, 0) is 36.3 Å². The first kappa shape index (κ1) is 32.1. The maximum absolute atomic E-state index is 15.0. The number of likely N-dealkylation sites (tertiary alicyclic amines) is 1. The van der Waals surface area contributed by atoms with Crippen LogP contribution in [0, 0.1) is 11.7 Å². The molecule has 2 N–H and O–H groups in total. The number of halogens is 8. The summed E-state index contributed by atoms with van der Waals surface area (Å²) < 4.78 is 136. The van der Waals surface area contributed by atoms with Gasteiger partial charge in [-0.25, -0.2) is 17.2 Å². The second kappa shape index (κ2) is 10.1. The van der Waals surface area contributed by atoms with Gasteiger partial charge in [-0.3, -0.25) is 9.59 Å². The van der Waals surface area contributed by atoms with Crippen LogP contribution in [0.1, 0.15) is 48.8 Å². The highest BCUT2D eigenvalue weighted by atomic mass is 32.2. The Bertz CT molecular complexity index is 1590. The molecule has 5 rings (SSSR count). The monoisotopic (exact) mass is 655 g/mol. The molecule has 1 aliphatic heterocycles. The summed E-state index contributed by atoms with van der Waals surface area (Å²) in [5.41, 5.74) is -10.4. The molecule has 3 aliphatic rings. The van der Waals surface area contributed by atoms with Crippen LogP contribution in [0.2, 0.25) is 0 Å². The van der Waals surface area contributed by atoms with Crippen molar-refractivity contribution in [3.63, 3.8) is 0 Å². The summed E-state index contributed by atoms with van der Waals surface area (Å²) in [6.07, 6.45) is -14.6. The molecule has 1 amide bonds. The Morgan fingerprint density at radius 3 is 1.98 bits per heavy atom. The van der Waals surface area contributed by atoms with Gasteiger partial charge in [0.15, 0.2) is 9.84 Å². The van der Waals surface area contributed by atoms with Crippen LogP contribution >= 0.6 is 0 Å². The number of carbonyl (C=O) groups excluding carboxylic acids is 1. The van der Waals surface area contributed by atoms with E-state index >= 15 is 0 Å². The zero-order valence-corrected chi connectivity index (χ0v) is 23.4. The van der Waals surface area contributed by atoms with Crippen LogP contribution in [0.4, 0.5) is 35.1 Å². The van der Waals surface area contributed by atoms with Crippen LogP contribution in [0.5, 0.6) is 0 Å². The van der Waals surface area contributed by atoms with Crippen molar-refractivity contribution in [3.05, 3.63) is 65.0 Å². The molecule has 7 nitrogen and oxygen atoms in total. The number of sulfone groups is 1. The summed E-state index contributed by atoms with van der Waals surface area (Å²) in [6, 6.07) is 3.26. The van der Waals surface area contributed by atoms with E-state index in [4.69, 9.17) is 0 Å². The van der Waals surface area contributed by atoms with E-state index in [0.29, 0.717) is 12.1 Å². The molecule has 2 unspecified atom stereocenters. The number of benzene rings is 2. The predicted molar refractivity (Wildman–Crippen MR) is 135 cm³/mol. The number of alkyl halides is 7. The van der Waals surface area contributed by atoms with Gasteiger partial charge in [0.2, 0.25) is 0 Å². The number of fused-ring (bicyclic) bond motifs is 3. The predicted octanol–water partition coefficient (Wildman–Crippen LogP) is 4.95. The van der Waals surface area contributed by atoms with Gasteiger partial charge >= 0.3 is 24.0 Å². The zero-order valence-electron chi connectivity index (χ0n) is 22.6. The third-order valence-corrected chi connectivity index (χ3v) is 11.8. The molecule has 2 aliphatic carbocycles. The Kier molecular flexibility index (Phi) is 7.39. The smallest absolute Gasteiger partial charge is 0.435 e. The lowest BCUT2D eigenvalue weighted by atomic mass is 9.78. The number of carboxylic acids is 1. The van der Waals surface area contributed by atoms with Gasteiger partial charge in [-0.05, 0) is 73.9 Å². The largest absolute Gasteiger partial charge is 0.481 e. The number of rotatable bonds is 5. The van der Waals surface area contributed by atoms with Gasteiger partial charge < -0.3 is 15.1 Å². The minimum Gasteiger partial charge on any atom is -0.481 e. The Hall–Kier alpha value is -3.27. The first-order valence-corrected chi connectivity index (χ1v) is 14.9. The molecule has 1 saturated carbocycles. The Balaban J connectivity index is 1.64. The van der Waals surface area contributed by atoms with Crippen LogP contribution in [0.15, 0.2) is 47.4 Å². The molecule has 0 bridgehead atoms. The quantitative estimate of drug-likeness (QED) is 0.349. The Morgan fingerprint density at radius 2 is 1.45 bits per heavy atom. The summed E-state index contributed by atoms with van der Waals surface area (Å²) >= 11 is 0. The van der Waals surface area contributed by atoms with Crippen molar-refractivity contribution in [1.29, 1.82) is 0 Å². The van der Waals surface area contributed by atoms with Crippen molar-refractivity contribution in [2.24, 2.45) is 5.92 Å². The van der Waals surface area contributed by atoms with Crippen molar-refractivity contribution in [1.82, 2.24) is 4.90 Å². The fraction of sp³-hybridized carbons (Fsp3) is 0.500. The summed E-state index contributed by atoms with van der Waals surface area (Å²) in [5.74, 6) is -3.73. The highest BCUT2D eigenvalue weighted by Gasteiger charge is 2.74. The minimum absolute atomic E-state index is 0.0772. The highest BCUT2D eigenvalue weighted by Crippen LogP contribution is 2.58. The second-order valence-electron chi connectivity index (χ2n) is 11.5. The number of nitrogens with zero attached hydrogens (tertiary/aromatic N) is 1. The van der Waals surface area contributed by atoms with Gasteiger partial charge in [0, 0.05) is 12.1 Å². The minimum atomic E-state index is -6.42. The number of hydrogen-bond acceptors (Lipinski definition) is 5. The topological polar surface area (TPSA) is 112 Å². The van der Waals surface area contributed by atoms with E-state index in [2.05, 4.69) is 0 Å². The number of hydrogen-bond donors (Lipinski definition) is 2. The van der Waals surface area contributed by atoms with E-state index in [1.165, 1.54) is 0 Å². The summed E-state index contributed by atoms with van der Waals surface area (Å²) in [4.78, 5) is 25.7. The summed E-state index contributed by atoms with van der Waals surface area (Å²) in [7, 11) is -4.67. The van der Waals surface area contributed by atoms with Crippen molar-refractivity contribution < 1.29 is 63.3 Å². The van der Waals surface area contributed by atoms with Gasteiger partial charge in [0.25, 0.3) is 5.91 Å². The number of carboxylic acid groups (broad SMARTS) is 1. The van der Waals surface area contributed by atoms with Crippen LogP contribution in [-0.4, -0.2) is 65.9 Å². The number of amides is 1. The molecule has 0 radical (unpaired) electrons. The summed E-state index contributed by atoms with van der Waals surface area (Å²) in [5, 5.41) is 20.5. The molecule has 44 heavy (non-hydrogen) atoms. The average molecular weight is 656 g/mol. The molecule has 1 saturated heterocycles. The van der Waals surface area contributed by atoms with E-state index < -0.39 is 91.2 Å². The van der Waals surface area contributed by atoms with Crippen molar-refractivity contribution in [2.75, 3.05) is 6.54 Å². The number of aliphatic carboxylic acids is 1. The Labute approximate surface area is 245 Å². The third-order valence-electron chi connectivity index (χ3n) is 9.22. The maximum Gasteiger partial charge on any atom is 0.435 e. The fourth-order valence-corrected chi connectivity index (χ4v) is 9.22. The van der Waals surface area contributed by atoms with Crippen molar-refractivity contribution >= 4 is 21.7 Å². The first-order valence-electron chi connectivity index (χ1n) is 13.4. The lowest BCUT2D eigenvalue weighted by molar-refractivity contribution is -0.348. The Morgan fingerprint density at radius 1 is 0.886 bits per heavy atom. The molecule has 1 heterocycles. The fourth-order valence-electron chi connectivity index (χ4n) is 6.88. The molecule has 2 fully saturated rings. The number of carbonyl (C=O) groups is 2. The number of aliphatic hydroxyl groups is 1. The lowest BCUT2D eigenvalue weighted by Gasteiger charge is -2.39. The molecule has 16 heteroatoms. The van der Waals surface area contributed by atoms with Crippen LogP contribution < -0.4 is 0 Å². The first-order chi connectivity index (χ1) is 20.2.